The molecule has 5 nitrogen and oxygen atoms in total. The van der Waals surface area contributed by atoms with Crippen molar-refractivity contribution >= 4 is 11.9 Å². The van der Waals surface area contributed by atoms with Crippen LogP contribution in [0.1, 0.15) is 46.0 Å². The van der Waals surface area contributed by atoms with Gasteiger partial charge >= 0.3 is 5.97 Å². The van der Waals surface area contributed by atoms with E-state index < -0.39 is 11.6 Å². The molecular weight excluding hydrogens is 258 g/mol. The average molecular weight is 283 g/mol. The Kier molecular flexibility index (Phi) is 4.68. The second kappa shape index (κ2) is 6.12. The zero-order valence-electron chi connectivity index (χ0n) is 12.4. The van der Waals surface area contributed by atoms with Gasteiger partial charge in [0.05, 0.1) is 5.92 Å². The summed E-state index contributed by atoms with van der Waals surface area (Å²) >= 11 is 0. The van der Waals surface area contributed by atoms with Crippen molar-refractivity contribution in [1.29, 1.82) is 0 Å². The number of aliphatic carboxylic acids is 1. The molecule has 1 aliphatic carbocycles. The van der Waals surface area contributed by atoms with E-state index in [9.17, 15) is 9.59 Å². The minimum atomic E-state index is -0.745. The quantitative estimate of drug-likeness (QED) is 0.855. The van der Waals surface area contributed by atoms with Gasteiger partial charge in [-0.15, -0.1) is 0 Å². The number of carbonyl (C=O) groups excluding carboxylic acids is 1. The Labute approximate surface area is 120 Å². The Bertz CT molecular complexity index is 376. The number of nitrogens with zero attached hydrogens (tertiary/aromatic N) is 1. The summed E-state index contributed by atoms with van der Waals surface area (Å²) in [5.41, 5.74) is -0.634. The molecule has 20 heavy (non-hydrogen) atoms. The monoisotopic (exact) mass is 283 g/mol. The molecule has 1 N–H and O–H groups in total. The van der Waals surface area contributed by atoms with Crippen molar-refractivity contribution in [1.82, 2.24) is 4.90 Å². The van der Waals surface area contributed by atoms with Crippen LogP contribution in [-0.4, -0.2) is 47.2 Å². The number of hydrogen-bond donors (Lipinski definition) is 1. The minimum Gasteiger partial charge on any atom is -0.481 e. The number of hydrogen-bond acceptors (Lipinski definition) is 3. The van der Waals surface area contributed by atoms with Gasteiger partial charge in [-0.1, -0.05) is 6.92 Å². The second-order valence-electron chi connectivity index (χ2n) is 6.10. The van der Waals surface area contributed by atoms with Crippen LogP contribution in [0.3, 0.4) is 0 Å². The lowest BCUT2D eigenvalue weighted by Crippen LogP contribution is -2.54. The highest BCUT2D eigenvalue weighted by Gasteiger charge is 2.46. The number of carbonyl (C=O) groups is 2. The summed E-state index contributed by atoms with van der Waals surface area (Å²) in [5, 5.41) is 9.15. The number of carboxylic acid groups (broad SMARTS) is 1. The highest BCUT2D eigenvalue weighted by molar-refractivity contribution is 5.86. The number of likely N-dealkylation sites (tertiary alicyclic amines) is 1. The molecule has 0 spiro atoms. The van der Waals surface area contributed by atoms with Gasteiger partial charge in [0.25, 0.3) is 5.91 Å². The number of amides is 1. The molecule has 1 amide bonds. The van der Waals surface area contributed by atoms with Crippen molar-refractivity contribution < 1.29 is 19.4 Å². The first-order chi connectivity index (χ1) is 9.50. The van der Waals surface area contributed by atoms with Crippen molar-refractivity contribution in [3.63, 3.8) is 0 Å². The van der Waals surface area contributed by atoms with Crippen LogP contribution in [0.4, 0.5) is 0 Å². The molecule has 0 aromatic heterocycles. The van der Waals surface area contributed by atoms with Crippen LogP contribution < -0.4 is 0 Å². The van der Waals surface area contributed by atoms with Crippen LogP contribution in [-0.2, 0) is 14.3 Å². The van der Waals surface area contributed by atoms with Gasteiger partial charge in [0.15, 0.2) is 0 Å². The molecule has 2 fully saturated rings. The standard InChI is InChI=1S/C15H25NO4/c1-3-20-15(7-4-5-8-15)14(19)16-9-6-12(13(17)18)11(2)10-16/h11-12H,3-10H2,1-2H3,(H,17,18). The van der Waals surface area contributed by atoms with Gasteiger partial charge in [-0.3, -0.25) is 9.59 Å². The largest absolute Gasteiger partial charge is 0.481 e. The van der Waals surface area contributed by atoms with Crippen molar-refractivity contribution in [3.05, 3.63) is 0 Å². The topological polar surface area (TPSA) is 66.8 Å². The fourth-order valence-corrected chi connectivity index (χ4v) is 3.63. The molecule has 0 bridgehead atoms. The van der Waals surface area contributed by atoms with Gasteiger partial charge in [0, 0.05) is 19.7 Å². The summed E-state index contributed by atoms with van der Waals surface area (Å²) in [6.07, 6.45) is 4.21. The van der Waals surface area contributed by atoms with E-state index in [-0.39, 0.29) is 17.7 Å². The lowest BCUT2D eigenvalue weighted by molar-refractivity contribution is -0.162. The van der Waals surface area contributed by atoms with E-state index in [1.807, 2.05) is 18.7 Å². The van der Waals surface area contributed by atoms with Gasteiger partial charge in [-0.05, 0) is 44.9 Å². The molecule has 1 heterocycles. The van der Waals surface area contributed by atoms with Crippen molar-refractivity contribution in [2.45, 2.75) is 51.6 Å². The lowest BCUT2D eigenvalue weighted by Gasteiger charge is -2.40. The third kappa shape index (κ3) is 2.82. The van der Waals surface area contributed by atoms with E-state index in [1.54, 1.807) is 0 Å². The van der Waals surface area contributed by atoms with Crippen LogP contribution in [0.15, 0.2) is 0 Å². The molecule has 114 valence electrons. The molecule has 2 atom stereocenters. The molecule has 0 radical (unpaired) electrons. The van der Waals surface area contributed by atoms with Gasteiger partial charge in [0.2, 0.25) is 0 Å². The normalized spacial score (nSPS) is 29.4. The van der Waals surface area contributed by atoms with Gasteiger partial charge in [-0.2, -0.15) is 0 Å². The average Bonchev–Trinajstić information content (AvgIpc) is 2.87. The predicted molar refractivity (Wildman–Crippen MR) is 74.3 cm³/mol. The molecule has 2 unspecified atom stereocenters. The third-order valence-corrected chi connectivity index (χ3v) is 4.73. The van der Waals surface area contributed by atoms with Crippen LogP contribution in [0.25, 0.3) is 0 Å². The zero-order chi connectivity index (χ0) is 14.8. The summed E-state index contributed by atoms with van der Waals surface area (Å²) in [7, 11) is 0. The van der Waals surface area contributed by atoms with Crippen LogP contribution in [0, 0.1) is 11.8 Å². The maximum Gasteiger partial charge on any atom is 0.306 e. The third-order valence-electron chi connectivity index (χ3n) is 4.73. The summed E-state index contributed by atoms with van der Waals surface area (Å²) in [6.45, 7) is 5.46. The summed E-state index contributed by atoms with van der Waals surface area (Å²) < 4.78 is 5.81. The lowest BCUT2D eigenvalue weighted by atomic mass is 9.86. The smallest absolute Gasteiger partial charge is 0.306 e. The predicted octanol–water partition coefficient (Wildman–Crippen LogP) is 1.90. The molecule has 5 heteroatoms. The van der Waals surface area contributed by atoms with E-state index in [4.69, 9.17) is 9.84 Å². The Morgan fingerprint density at radius 2 is 2.00 bits per heavy atom. The van der Waals surface area contributed by atoms with Crippen LogP contribution in [0.2, 0.25) is 0 Å². The van der Waals surface area contributed by atoms with Gasteiger partial charge in [-0.25, -0.2) is 0 Å². The Balaban J connectivity index is 2.04. The number of carboxylic acids is 1. The van der Waals surface area contributed by atoms with Crippen molar-refractivity contribution in [2.75, 3.05) is 19.7 Å². The van der Waals surface area contributed by atoms with Crippen molar-refractivity contribution in [2.24, 2.45) is 11.8 Å². The Hall–Kier alpha value is -1.10. The van der Waals surface area contributed by atoms with Gasteiger partial charge in [0.1, 0.15) is 5.60 Å². The number of rotatable bonds is 4. The molecule has 1 saturated carbocycles. The molecule has 2 aliphatic rings. The van der Waals surface area contributed by atoms with E-state index in [2.05, 4.69) is 0 Å². The molecule has 1 saturated heterocycles. The molecule has 0 aromatic carbocycles. The molecule has 1 aliphatic heterocycles. The van der Waals surface area contributed by atoms with E-state index in [0.717, 1.165) is 25.7 Å². The van der Waals surface area contributed by atoms with Crippen molar-refractivity contribution in [3.8, 4) is 0 Å². The zero-order valence-corrected chi connectivity index (χ0v) is 12.4. The first kappa shape index (κ1) is 15.3. The van der Waals surface area contributed by atoms with E-state index >= 15 is 0 Å². The maximum absolute atomic E-state index is 12.8. The number of piperidine rings is 1. The van der Waals surface area contributed by atoms with E-state index in [1.165, 1.54) is 0 Å². The Morgan fingerprint density at radius 1 is 1.35 bits per heavy atom. The highest BCUT2D eigenvalue weighted by Crippen LogP contribution is 2.36. The maximum atomic E-state index is 12.8. The summed E-state index contributed by atoms with van der Waals surface area (Å²) in [6, 6.07) is 0. The molecule has 0 aromatic rings. The van der Waals surface area contributed by atoms with E-state index in [0.29, 0.717) is 26.1 Å². The SMILES string of the molecule is CCOC1(C(=O)N2CCC(C(=O)O)C(C)C2)CCCC1. The first-order valence-electron chi connectivity index (χ1n) is 7.66. The van der Waals surface area contributed by atoms with Gasteiger partial charge < -0.3 is 14.7 Å². The molecular formula is C15H25NO4. The minimum absolute atomic E-state index is 0.00489. The molecule has 2 rings (SSSR count). The fourth-order valence-electron chi connectivity index (χ4n) is 3.63. The second-order valence-corrected chi connectivity index (χ2v) is 6.10. The Morgan fingerprint density at radius 3 is 2.50 bits per heavy atom. The van der Waals surface area contributed by atoms with Crippen LogP contribution in [0.5, 0.6) is 0 Å². The first-order valence-corrected chi connectivity index (χ1v) is 7.66. The highest BCUT2D eigenvalue weighted by atomic mass is 16.5. The summed E-state index contributed by atoms with van der Waals surface area (Å²) in [5.74, 6) is -0.992. The number of ether oxygens (including phenoxy) is 1. The van der Waals surface area contributed by atoms with Crippen LogP contribution >= 0.6 is 0 Å². The fraction of sp³-hybridized carbons (Fsp3) is 0.867. The summed E-state index contributed by atoms with van der Waals surface area (Å²) in [4.78, 5) is 25.7.